The topological polar surface area (TPSA) is 114 Å². The van der Waals surface area contributed by atoms with Crippen LogP contribution >= 0.6 is 0 Å². The van der Waals surface area contributed by atoms with E-state index < -0.39 is 5.97 Å². The molecule has 0 unspecified atom stereocenters. The fraction of sp³-hybridized carbons (Fsp3) is 0.778. The summed E-state index contributed by atoms with van der Waals surface area (Å²) in [6.45, 7) is 4.23. The largest absolute Gasteiger partial charge is 0.469 e. The molecule has 0 aliphatic rings. The maximum Gasteiger partial charge on any atom is 0.342 e. The fourth-order valence-corrected chi connectivity index (χ4v) is 1.68. The van der Waals surface area contributed by atoms with E-state index in [1.165, 1.54) is 14.2 Å². The minimum atomic E-state index is -0.402. The molecule has 0 aromatic carbocycles. The van der Waals surface area contributed by atoms with E-state index in [-0.39, 0.29) is 24.3 Å². The van der Waals surface area contributed by atoms with Gasteiger partial charge in [0.25, 0.3) is 0 Å². The number of hydrogen-bond donors (Lipinski definition) is 0. The zero-order valence-electron chi connectivity index (χ0n) is 16.7. The SMILES string of the molecule is CCOOC(=O)CCCCC(=O)OCC.COC(=O)CCCCC(=O)OC. The lowest BCUT2D eigenvalue weighted by atomic mass is 10.2. The van der Waals surface area contributed by atoms with Gasteiger partial charge in [-0.05, 0) is 39.5 Å². The number of carbonyl (C=O) groups excluding carboxylic acids is 4. The number of ether oxygens (including phenoxy) is 3. The fourth-order valence-electron chi connectivity index (χ4n) is 1.68. The molecule has 158 valence electrons. The lowest BCUT2D eigenvalue weighted by molar-refractivity contribution is -0.269. The monoisotopic (exact) mass is 392 g/mol. The molecule has 0 bridgehead atoms. The Morgan fingerprint density at radius 2 is 1.00 bits per heavy atom. The van der Waals surface area contributed by atoms with Crippen molar-refractivity contribution in [3.05, 3.63) is 0 Å². The molecular formula is C18H32O9. The van der Waals surface area contributed by atoms with Crippen molar-refractivity contribution in [3.8, 4) is 0 Å². The van der Waals surface area contributed by atoms with Crippen LogP contribution in [0.4, 0.5) is 0 Å². The highest BCUT2D eigenvalue weighted by molar-refractivity contribution is 5.70. The average molecular weight is 392 g/mol. The number of esters is 3. The van der Waals surface area contributed by atoms with Crippen LogP contribution in [0, 0.1) is 0 Å². The van der Waals surface area contributed by atoms with E-state index in [0.29, 0.717) is 58.2 Å². The van der Waals surface area contributed by atoms with Crippen LogP contribution in [0.5, 0.6) is 0 Å². The first-order valence-electron chi connectivity index (χ1n) is 9.02. The van der Waals surface area contributed by atoms with E-state index in [2.05, 4.69) is 19.2 Å². The molecule has 0 aliphatic carbocycles. The molecule has 0 saturated carbocycles. The van der Waals surface area contributed by atoms with Gasteiger partial charge in [-0.3, -0.25) is 19.3 Å². The smallest absolute Gasteiger partial charge is 0.342 e. The summed E-state index contributed by atoms with van der Waals surface area (Å²) in [5, 5.41) is 0. The highest BCUT2D eigenvalue weighted by Gasteiger charge is 2.06. The van der Waals surface area contributed by atoms with E-state index in [9.17, 15) is 19.2 Å². The molecule has 0 spiro atoms. The number of carbonyl (C=O) groups is 4. The summed E-state index contributed by atoms with van der Waals surface area (Å²) >= 11 is 0. The molecule has 0 aliphatic heterocycles. The van der Waals surface area contributed by atoms with Crippen molar-refractivity contribution in [3.63, 3.8) is 0 Å². The third kappa shape index (κ3) is 21.8. The zero-order valence-corrected chi connectivity index (χ0v) is 16.7. The Kier molecular flexibility index (Phi) is 20.2. The molecule has 0 heterocycles. The van der Waals surface area contributed by atoms with Crippen molar-refractivity contribution in [1.82, 2.24) is 0 Å². The van der Waals surface area contributed by atoms with Crippen LogP contribution in [0.25, 0.3) is 0 Å². The third-order valence-corrected chi connectivity index (χ3v) is 3.05. The van der Waals surface area contributed by atoms with Crippen molar-refractivity contribution < 1.29 is 43.2 Å². The summed E-state index contributed by atoms with van der Waals surface area (Å²) in [7, 11) is 2.70. The van der Waals surface area contributed by atoms with Gasteiger partial charge in [-0.25, -0.2) is 4.79 Å². The van der Waals surface area contributed by atoms with E-state index in [0.717, 1.165) is 0 Å². The molecule has 0 aromatic rings. The molecule has 0 amide bonds. The quantitative estimate of drug-likeness (QED) is 0.153. The summed E-state index contributed by atoms with van der Waals surface area (Å²) < 4.78 is 13.6. The number of methoxy groups -OCH3 is 2. The maximum atomic E-state index is 10.9. The van der Waals surface area contributed by atoms with Gasteiger partial charge in [0.05, 0.1) is 27.4 Å². The second kappa shape index (κ2) is 20.2. The van der Waals surface area contributed by atoms with E-state index in [4.69, 9.17) is 4.74 Å². The van der Waals surface area contributed by atoms with Gasteiger partial charge in [-0.2, -0.15) is 4.89 Å². The van der Waals surface area contributed by atoms with Gasteiger partial charge in [0, 0.05) is 25.7 Å². The van der Waals surface area contributed by atoms with Crippen molar-refractivity contribution >= 4 is 23.9 Å². The highest BCUT2D eigenvalue weighted by atomic mass is 17.2. The van der Waals surface area contributed by atoms with Gasteiger partial charge in [-0.15, -0.1) is 0 Å². The zero-order chi connectivity index (χ0) is 20.9. The summed E-state index contributed by atoms with van der Waals surface area (Å²) in [5.41, 5.74) is 0. The molecule has 0 rings (SSSR count). The number of hydrogen-bond acceptors (Lipinski definition) is 9. The number of rotatable bonds is 13. The van der Waals surface area contributed by atoms with Crippen LogP contribution in [0.3, 0.4) is 0 Å². The van der Waals surface area contributed by atoms with Crippen molar-refractivity contribution in [2.45, 2.75) is 65.2 Å². The molecule has 9 heteroatoms. The Hall–Kier alpha value is -2.16. The van der Waals surface area contributed by atoms with Crippen LogP contribution in [-0.2, 0) is 43.2 Å². The van der Waals surface area contributed by atoms with Gasteiger partial charge in [0.1, 0.15) is 0 Å². The second-order valence-electron chi connectivity index (χ2n) is 5.23. The third-order valence-electron chi connectivity index (χ3n) is 3.05. The van der Waals surface area contributed by atoms with Crippen molar-refractivity contribution in [2.24, 2.45) is 0 Å². The first-order chi connectivity index (χ1) is 12.9. The normalized spacial score (nSPS) is 9.48. The maximum absolute atomic E-state index is 10.9. The Bertz CT molecular complexity index is 403. The summed E-state index contributed by atoms with van der Waals surface area (Å²) in [4.78, 5) is 51.8. The van der Waals surface area contributed by atoms with E-state index in [1.807, 2.05) is 0 Å². The Morgan fingerprint density at radius 1 is 0.593 bits per heavy atom. The predicted octanol–water partition coefficient (Wildman–Crippen LogP) is 2.50. The van der Waals surface area contributed by atoms with Crippen LogP contribution in [-0.4, -0.2) is 51.3 Å². The predicted molar refractivity (Wildman–Crippen MR) is 95.3 cm³/mol. The van der Waals surface area contributed by atoms with Crippen LogP contribution < -0.4 is 0 Å². The molecule has 0 aromatic heterocycles. The lowest BCUT2D eigenvalue weighted by Gasteiger charge is -2.02. The molecular weight excluding hydrogens is 360 g/mol. The van der Waals surface area contributed by atoms with Crippen molar-refractivity contribution in [2.75, 3.05) is 27.4 Å². The average Bonchev–Trinajstić information content (AvgIpc) is 2.67. The van der Waals surface area contributed by atoms with Gasteiger partial charge >= 0.3 is 23.9 Å². The van der Waals surface area contributed by atoms with Gasteiger partial charge in [0.15, 0.2) is 0 Å². The lowest BCUT2D eigenvalue weighted by Crippen LogP contribution is -2.06. The molecule has 9 nitrogen and oxygen atoms in total. The molecule has 0 saturated heterocycles. The second-order valence-corrected chi connectivity index (χ2v) is 5.23. The summed E-state index contributed by atoms with van der Waals surface area (Å²) in [5.74, 6) is -1.10. The van der Waals surface area contributed by atoms with E-state index in [1.54, 1.807) is 13.8 Å². The minimum Gasteiger partial charge on any atom is -0.469 e. The Morgan fingerprint density at radius 3 is 1.37 bits per heavy atom. The number of unbranched alkanes of at least 4 members (excludes halogenated alkanes) is 2. The molecule has 27 heavy (non-hydrogen) atoms. The first kappa shape index (κ1) is 27.1. The minimum absolute atomic E-state index is 0.226. The molecule has 0 fully saturated rings. The standard InChI is InChI=1S/C10H18O5.C8H14O4/c1-3-13-9(11)7-5-6-8-10(12)15-14-4-2;1-11-7(9)5-3-4-6-8(10)12-2/h3-8H2,1-2H3;3-6H2,1-2H3. The molecule has 0 radical (unpaired) electrons. The van der Waals surface area contributed by atoms with E-state index >= 15 is 0 Å². The van der Waals surface area contributed by atoms with Gasteiger partial charge in [0.2, 0.25) is 0 Å². The summed E-state index contributed by atoms with van der Waals surface area (Å²) in [6, 6.07) is 0. The first-order valence-corrected chi connectivity index (χ1v) is 9.02. The Balaban J connectivity index is 0. The molecule has 0 atom stereocenters. The Labute approximate surface area is 160 Å². The van der Waals surface area contributed by atoms with Gasteiger partial charge in [-0.1, -0.05) is 0 Å². The van der Waals surface area contributed by atoms with Crippen LogP contribution in [0.1, 0.15) is 65.2 Å². The van der Waals surface area contributed by atoms with Crippen LogP contribution in [0.2, 0.25) is 0 Å². The van der Waals surface area contributed by atoms with Crippen molar-refractivity contribution in [1.29, 1.82) is 0 Å². The highest BCUT2D eigenvalue weighted by Crippen LogP contribution is 2.03. The van der Waals surface area contributed by atoms with Crippen LogP contribution in [0.15, 0.2) is 0 Å². The molecule has 0 N–H and O–H groups in total. The van der Waals surface area contributed by atoms with Gasteiger partial charge < -0.3 is 14.2 Å². The summed E-state index contributed by atoms with van der Waals surface area (Å²) in [6.07, 6.45) is 3.91.